The number of urea groups is 1. The van der Waals surface area contributed by atoms with E-state index in [2.05, 4.69) is 11.4 Å². The van der Waals surface area contributed by atoms with Crippen LogP contribution in [0, 0.1) is 11.3 Å². The molecule has 3 amide bonds. The van der Waals surface area contributed by atoms with Crippen LogP contribution >= 0.6 is 0 Å². The van der Waals surface area contributed by atoms with Gasteiger partial charge in [0.1, 0.15) is 0 Å². The molecule has 0 unspecified atom stereocenters. The van der Waals surface area contributed by atoms with Crippen LogP contribution in [-0.2, 0) is 23.1 Å². The summed E-state index contributed by atoms with van der Waals surface area (Å²) in [5.41, 5.74) is 3.63. The number of piperazine rings is 1. The Labute approximate surface area is 193 Å². The lowest BCUT2D eigenvalue weighted by Crippen LogP contribution is -2.50. The second-order valence-corrected chi connectivity index (χ2v) is 10.3. The van der Waals surface area contributed by atoms with Crippen LogP contribution in [0.25, 0.3) is 0 Å². The zero-order valence-corrected chi connectivity index (χ0v) is 19.1. The Bertz CT molecular complexity index is 1210. The molecule has 9 nitrogen and oxygen atoms in total. The minimum atomic E-state index is -3.24. The van der Waals surface area contributed by atoms with E-state index in [0.29, 0.717) is 56.1 Å². The molecule has 2 aliphatic heterocycles. The monoisotopic (exact) mass is 467 g/mol. The number of hydrogen-bond donors (Lipinski definition) is 1. The van der Waals surface area contributed by atoms with Gasteiger partial charge in [-0.05, 0) is 54.4 Å². The van der Waals surface area contributed by atoms with E-state index in [1.807, 2.05) is 6.07 Å². The fraction of sp³-hybridized carbons (Fsp3) is 0.348. The number of amides is 3. The Kier molecular flexibility index (Phi) is 6.35. The van der Waals surface area contributed by atoms with Gasteiger partial charge in [0.25, 0.3) is 5.91 Å². The summed E-state index contributed by atoms with van der Waals surface area (Å²) in [7, 11) is -3.24. The smallest absolute Gasteiger partial charge is 0.322 e. The highest BCUT2D eigenvalue weighted by Gasteiger charge is 2.28. The number of nitrogens with zero attached hydrogens (tertiary/aromatic N) is 4. The third-order valence-corrected chi connectivity index (χ3v) is 7.89. The summed E-state index contributed by atoms with van der Waals surface area (Å²) in [6.45, 7) is 3.81. The molecule has 4 rings (SSSR count). The van der Waals surface area contributed by atoms with Gasteiger partial charge in [0.15, 0.2) is 0 Å². The Hall–Kier alpha value is -3.42. The zero-order valence-electron chi connectivity index (χ0n) is 18.3. The van der Waals surface area contributed by atoms with Crippen molar-refractivity contribution in [1.82, 2.24) is 14.1 Å². The van der Waals surface area contributed by atoms with Crippen LogP contribution < -0.4 is 5.32 Å². The maximum Gasteiger partial charge on any atom is 0.322 e. The van der Waals surface area contributed by atoms with Gasteiger partial charge in [0.05, 0.1) is 17.4 Å². The van der Waals surface area contributed by atoms with Crippen LogP contribution in [-0.4, -0.2) is 66.4 Å². The number of nitrogens with one attached hydrogen (secondary N) is 1. The molecule has 172 valence electrons. The number of fused-ring (bicyclic) bond motifs is 1. The minimum Gasteiger partial charge on any atom is -0.336 e. The number of carbonyl (C=O) groups excluding carboxylic acids is 2. The maximum atomic E-state index is 12.8. The van der Waals surface area contributed by atoms with Crippen molar-refractivity contribution < 1.29 is 18.0 Å². The van der Waals surface area contributed by atoms with Crippen molar-refractivity contribution in [3.05, 3.63) is 64.7 Å². The lowest BCUT2D eigenvalue weighted by molar-refractivity contribution is 0.0698. The number of carbonyl (C=O) groups is 2. The highest BCUT2D eigenvalue weighted by atomic mass is 32.2. The normalized spacial score (nSPS) is 16.2. The third-order valence-electron chi connectivity index (χ3n) is 6.01. The summed E-state index contributed by atoms with van der Waals surface area (Å²) in [6.07, 6.45) is 0. The van der Waals surface area contributed by atoms with Crippen molar-refractivity contribution in [1.29, 1.82) is 5.26 Å². The van der Waals surface area contributed by atoms with Gasteiger partial charge in [-0.25, -0.2) is 13.2 Å². The van der Waals surface area contributed by atoms with Crippen molar-refractivity contribution in [3.8, 4) is 6.07 Å². The van der Waals surface area contributed by atoms with Gasteiger partial charge in [-0.3, -0.25) is 4.79 Å². The predicted octanol–water partition coefficient (Wildman–Crippen LogP) is 2.21. The van der Waals surface area contributed by atoms with Crippen LogP contribution in [0.5, 0.6) is 0 Å². The first-order valence-corrected chi connectivity index (χ1v) is 12.4. The maximum absolute atomic E-state index is 12.8. The van der Waals surface area contributed by atoms with Crippen molar-refractivity contribution >= 4 is 27.6 Å². The van der Waals surface area contributed by atoms with Gasteiger partial charge in [0, 0.05) is 50.5 Å². The zero-order chi connectivity index (χ0) is 23.6. The van der Waals surface area contributed by atoms with Gasteiger partial charge < -0.3 is 15.1 Å². The lowest BCUT2D eigenvalue weighted by Gasteiger charge is -2.33. The topological polar surface area (TPSA) is 114 Å². The van der Waals surface area contributed by atoms with E-state index in [1.165, 1.54) is 4.31 Å². The Morgan fingerprint density at radius 2 is 1.64 bits per heavy atom. The van der Waals surface area contributed by atoms with Crippen molar-refractivity contribution in [2.45, 2.75) is 20.0 Å². The number of rotatable bonds is 4. The predicted molar refractivity (Wildman–Crippen MR) is 123 cm³/mol. The first-order valence-electron chi connectivity index (χ1n) is 10.8. The molecule has 0 saturated carbocycles. The molecule has 2 heterocycles. The van der Waals surface area contributed by atoms with Crippen molar-refractivity contribution in [2.24, 2.45) is 0 Å². The second kappa shape index (κ2) is 9.21. The van der Waals surface area contributed by atoms with Gasteiger partial charge in [-0.15, -0.1) is 0 Å². The van der Waals surface area contributed by atoms with Crippen molar-refractivity contribution in [3.63, 3.8) is 0 Å². The first-order chi connectivity index (χ1) is 15.8. The SMILES string of the molecule is CCS(=O)(=O)N1CCN(C(=O)c2ccc(NC(=O)N3Cc4ccc(C#N)cc4C3)cc2)CC1. The standard InChI is InChI=1S/C23H25N5O4S/c1-2-33(31,32)28-11-9-26(10-12-28)22(29)18-5-7-21(8-6-18)25-23(30)27-15-19-4-3-17(14-24)13-20(19)16-27/h3-8,13H,2,9-12,15-16H2,1H3,(H,25,30). The molecule has 2 aromatic carbocycles. The molecule has 1 saturated heterocycles. The average Bonchev–Trinajstić information content (AvgIpc) is 3.28. The molecule has 0 spiro atoms. The Morgan fingerprint density at radius 3 is 2.27 bits per heavy atom. The molecular formula is C23H25N5O4S. The first kappa shape index (κ1) is 22.8. The number of nitriles is 1. The van der Waals surface area contributed by atoms with Gasteiger partial charge in [-0.2, -0.15) is 9.57 Å². The number of anilines is 1. The largest absolute Gasteiger partial charge is 0.336 e. The van der Waals surface area contributed by atoms with E-state index in [-0.39, 0.29) is 17.7 Å². The van der Waals surface area contributed by atoms with Crippen LogP contribution in [0.15, 0.2) is 42.5 Å². The summed E-state index contributed by atoms with van der Waals surface area (Å²) in [5, 5.41) is 11.9. The molecule has 0 aliphatic carbocycles. The quantitative estimate of drug-likeness (QED) is 0.741. The fourth-order valence-corrected chi connectivity index (χ4v) is 5.13. The molecule has 2 aromatic rings. The highest BCUT2D eigenvalue weighted by Crippen LogP contribution is 2.24. The fourth-order valence-electron chi connectivity index (χ4n) is 4.04. The number of sulfonamides is 1. The van der Waals surface area contributed by atoms with Crippen LogP contribution in [0.4, 0.5) is 10.5 Å². The van der Waals surface area contributed by atoms with E-state index < -0.39 is 10.0 Å². The van der Waals surface area contributed by atoms with Crippen LogP contribution in [0.3, 0.4) is 0 Å². The molecule has 2 aliphatic rings. The molecule has 0 radical (unpaired) electrons. The van der Waals surface area contributed by atoms with Crippen LogP contribution in [0.1, 0.15) is 34.0 Å². The molecule has 0 bridgehead atoms. The van der Waals surface area contributed by atoms with E-state index in [9.17, 15) is 18.0 Å². The Balaban J connectivity index is 1.33. The van der Waals surface area contributed by atoms with E-state index in [0.717, 1.165) is 11.1 Å². The highest BCUT2D eigenvalue weighted by molar-refractivity contribution is 7.89. The van der Waals surface area contributed by atoms with Gasteiger partial charge in [0.2, 0.25) is 10.0 Å². The molecule has 10 heteroatoms. The van der Waals surface area contributed by atoms with E-state index >= 15 is 0 Å². The number of hydrogen-bond acceptors (Lipinski definition) is 5. The van der Waals surface area contributed by atoms with Gasteiger partial charge >= 0.3 is 6.03 Å². The average molecular weight is 468 g/mol. The number of benzene rings is 2. The summed E-state index contributed by atoms with van der Waals surface area (Å²) in [4.78, 5) is 28.8. The lowest BCUT2D eigenvalue weighted by atomic mass is 10.1. The molecule has 0 atom stereocenters. The molecule has 1 N–H and O–H groups in total. The summed E-state index contributed by atoms with van der Waals surface area (Å²) < 4.78 is 25.4. The second-order valence-electron chi connectivity index (χ2n) is 8.05. The molecule has 1 fully saturated rings. The molecule has 33 heavy (non-hydrogen) atoms. The van der Waals surface area contributed by atoms with Crippen molar-refractivity contribution in [2.75, 3.05) is 37.2 Å². The van der Waals surface area contributed by atoms with E-state index in [4.69, 9.17) is 5.26 Å². The summed E-state index contributed by atoms with van der Waals surface area (Å²) >= 11 is 0. The summed E-state index contributed by atoms with van der Waals surface area (Å²) in [6, 6.07) is 14.0. The van der Waals surface area contributed by atoms with Gasteiger partial charge in [-0.1, -0.05) is 6.07 Å². The minimum absolute atomic E-state index is 0.0541. The summed E-state index contributed by atoms with van der Waals surface area (Å²) in [5.74, 6) is -0.108. The van der Waals surface area contributed by atoms with E-state index in [1.54, 1.807) is 53.1 Å². The third kappa shape index (κ3) is 4.84. The Morgan fingerprint density at radius 1 is 0.970 bits per heavy atom. The van der Waals surface area contributed by atoms with Crippen LogP contribution in [0.2, 0.25) is 0 Å². The molecular weight excluding hydrogens is 442 g/mol. The molecule has 0 aromatic heterocycles.